The summed E-state index contributed by atoms with van der Waals surface area (Å²) in [7, 11) is -2.31. The molecule has 0 saturated heterocycles. The molecule has 0 aliphatic carbocycles. The molecule has 3 heterocycles. The SMILES string of the molecule is CC(C)(CCC(C)(C)[Si](C)(C)O)n1cc(C(=O)c2cc(N)ccn2)c2cncnc21. The van der Waals surface area contributed by atoms with Crippen LogP contribution in [0.2, 0.25) is 18.1 Å². The first-order valence-electron chi connectivity index (χ1n) is 10.1. The Labute approximate surface area is 178 Å². The molecule has 0 fully saturated rings. The average Bonchev–Trinajstić information content (AvgIpc) is 3.06. The number of nitrogen functional groups attached to an aromatic ring is 1. The molecule has 0 unspecified atom stereocenters. The molecule has 3 aromatic heterocycles. The highest BCUT2D eigenvalue weighted by Gasteiger charge is 2.39. The van der Waals surface area contributed by atoms with Gasteiger partial charge in [-0.25, -0.2) is 9.97 Å². The molecule has 0 saturated carbocycles. The predicted molar refractivity (Wildman–Crippen MR) is 122 cm³/mol. The number of nitrogens with zero attached hydrogens (tertiary/aromatic N) is 4. The molecule has 3 N–H and O–H groups in total. The van der Waals surface area contributed by atoms with Crippen molar-refractivity contribution in [2.45, 2.75) is 64.2 Å². The van der Waals surface area contributed by atoms with Crippen molar-refractivity contribution >= 4 is 30.8 Å². The molecule has 7 nitrogen and oxygen atoms in total. The third-order valence-corrected chi connectivity index (χ3v) is 9.96. The molecule has 0 aliphatic heterocycles. The van der Waals surface area contributed by atoms with Gasteiger partial charge in [-0.05, 0) is 57.0 Å². The van der Waals surface area contributed by atoms with E-state index in [0.29, 0.717) is 28.0 Å². The number of nitrogens with two attached hydrogens (primary N) is 1. The zero-order valence-electron chi connectivity index (χ0n) is 18.6. The normalized spacial score (nSPS) is 13.0. The van der Waals surface area contributed by atoms with E-state index in [2.05, 4.69) is 42.6 Å². The molecule has 3 aromatic rings. The molecular weight excluding hydrogens is 394 g/mol. The highest BCUT2D eigenvalue weighted by atomic mass is 28.4. The van der Waals surface area contributed by atoms with Crippen molar-refractivity contribution in [3.05, 3.63) is 48.3 Å². The monoisotopic (exact) mass is 425 g/mol. The quantitative estimate of drug-likeness (QED) is 0.435. The third kappa shape index (κ3) is 4.15. The van der Waals surface area contributed by atoms with Gasteiger partial charge in [0, 0.05) is 35.2 Å². The highest BCUT2D eigenvalue weighted by Crippen LogP contribution is 2.43. The minimum Gasteiger partial charge on any atom is -0.432 e. The number of hydrogen-bond acceptors (Lipinski definition) is 6. The number of aromatic nitrogens is 4. The summed E-state index contributed by atoms with van der Waals surface area (Å²) in [5.74, 6) is -0.208. The Morgan fingerprint density at radius 3 is 2.53 bits per heavy atom. The molecule has 0 atom stereocenters. The van der Waals surface area contributed by atoms with Gasteiger partial charge in [0.1, 0.15) is 17.7 Å². The largest absolute Gasteiger partial charge is 0.432 e. The van der Waals surface area contributed by atoms with Crippen molar-refractivity contribution in [2.75, 3.05) is 5.73 Å². The lowest BCUT2D eigenvalue weighted by molar-refractivity contribution is 0.103. The van der Waals surface area contributed by atoms with Crippen LogP contribution in [0, 0.1) is 0 Å². The van der Waals surface area contributed by atoms with E-state index in [1.54, 1.807) is 18.3 Å². The van der Waals surface area contributed by atoms with E-state index < -0.39 is 8.32 Å². The summed E-state index contributed by atoms with van der Waals surface area (Å²) in [6.07, 6.45) is 8.24. The maximum Gasteiger partial charge on any atom is 0.213 e. The smallest absolute Gasteiger partial charge is 0.213 e. The zero-order chi connectivity index (χ0) is 22.3. The number of ketones is 1. The van der Waals surface area contributed by atoms with E-state index in [4.69, 9.17) is 5.73 Å². The van der Waals surface area contributed by atoms with E-state index >= 15 is 0 Å². The summed E-state index contributed by atoms with van der Waals surface area (Å²) in [5.41, 5.74) is 7.53. The minimum atomic E-state index is -2.31. The topological polar surface area (TPSA) is 107 Å². The molecule has 0 bridgehead atoms. The van der Waals surface area contributed by atoms with Gasteiger partial charge in [-0.1, -0.05) is 13.8 Å². The van der Waals surface area contributed by atoms with Crippen molar-refractivity contribution in [1.29, 1.82) is 0 Å². The third-order valence-electron chi connectivity index (χ3n) is 6.40. The van der Waals surface area contributed by atoms with Crippen LogP contribution in [0.5, 0.6) is 0 Å². The van der Waals surface area contributed by atoms with E-state index in [-0.39, 0.29) is 16.4 Å². The van der Waals surface area contributed by atoms with Gasteiger partial charge in [-0.3, -0.25) is 9.78 Å². The van der Waals surface area contributed by atoms with Crippen molar-refractivity contribution in [1.82, 2.24) is 19.5 Å². The Hall–Kier alpha value is -2.58. The fourth-order valence-electron chi connectivity index (χ4n) is 3.36. The Morgan fingerprint density at radius 2 is 1.90 bits per heavy atom. The van der Waals surface area contributed by atoms with Gasteiger partial charge < -0.3 is 15.1 Å². The maximum absolute atomic E-state index is 13.2. The molecule has 0 amide bonds. The van der Waals surface area contributed by atoms with E-state index in [9.17, 15) is 9.59 Å². The zero-order valence-corrected chi connectivity index (χ0v) is 19.6. The number of pyridine rings is 1. The first-order valence-corrected chi connectivity index (χ1v) is 13.1. The summed E-state index contributed by atoms with van der Waals surface area (Å²) in [6.45, 7) is 12.5. The van der Waals surface area contributed by atoms with E-state index in [1.807, 2.05) is 23.9 Å². The number of fused-ring (bicyclic) bond motifs is 1. The highest BCUT2D eigenvalue weighted by molar-refractivity contribution is 6.72. The van der Waals surface area contributed by atoms with Gasteiger partial charge in [-0.2, -0.15) is 0 Å². The van der Waals surface area contributed by atoms with E-state index in [0.717, 1.165) is 12.8 Å². The lowest BCUT2D eigenvalue weighted by atomic mass is 9.93. The Bertz CT molecular complexity index is 1080. The molecule has 3 rings (SSSR count). The summed E-state index contributed by atoms with van der Waals surface area (Å²) >= 11 is 0. The Kier molecular flexibility index (Phi) is 5.59. The number of rotatable bonds is 7. The lowest BCUT2D eigenvalue weighted by Gasteiger charge is -2.38. The fourth-order valence-corrected chi connectivity index (χ4v) is 4.10. The van der Waals surface area contributed by atoms with Gasteiger partial charge in [0.2, 0.25) is 5.78 Å². The van der Waals surface area contributed by atoms with Crippen LogP contribution in [-0.2, 0) is 5.54 Å². The van der Waals surface area contributed by atoms with Crippen molar-refractivity contribution < 1.29 is 9.59 Å². The van der Waals surface area contributed by atoms with Gasteiger partial charge in [0.15, 0.2) is 8.32 Å². The maximum atomic E-state index is 13.2. The Balaban J connectivity index is 2.02. The molecule has 30 heavy (non-hydrogen) atoms. The number of hydrogen-bond donors (Lipinski definition) is 2. The van der Waals surface area contributed by atoms with Crippen LogP contribution in [0.4, 0.5) is 5.69 Å². The van der Waals surface area contributed by atoms with Crippen LogP contribution in [0.25, 0.3) is 11.0 Å². The van der Waals surface area contributed by atoms with Crippen LogP contribution < -0.4 is 5.73 Å². The van der Waals surface area contributed by atoms with Gasteiger partial charge >= 0.3 is 0 Å². The number of carbonyl (C=O) groups is 1. The first-order chi connectivity index (χ1) is 13.8. The number of carbonyl (C=O) groups excluding carboxylic acids is 1. The minimum absolute atomic E-state index is 0.133. The predicted octanol–water partition coefficient (Wildman–Crippen LogP) is 4.13. The lowest BCUT2D eigenvalue weighted by Crippen LogP contribution is -2.40. The average molecular weight is 426 g/mol. The van der Waals surface area contributed by atoms with Crippen molar-refractivity contribution in [3.8, 4) is 0 Å². The molecule has 0 radical (unpaired) electrons. The van der Waals surface area contributed by atoms with Crippen molar-refractivity contribution in [3.63, 3.8) is 0 Å². The summed E-state index contributed by atoms with van der Waals surface area (Å²) in [6, 6.07) is 3.23. The molecule has 0 spiro atoms. The van der Waals surface area contributed by atoms with Crippen LogP contribution in [0.3, 0.4) is 0 Å². The van der Waals surface area contributed by atoms with Crippen LogP contribution in [-0.4, -0.2) is 38.4 Å². The number of anilines is 1. The molecule has 8 heteroatoms. The standard InChI is InChI=1S/C22H31N5O2Si/c1-21(2,8-9-22(3,4)30(5,6)29)27-13-17(16-12-24-14-26-20(16)27)19(28)18-11-15(23)7-10-25-18/h7,10-14,29H,8-9H2,1-6H3,(H2,23,25). The molecule has 160 valence electrons. The van der Waals surface area contributed by atoms with Gasteiger partial charge in [0.05, 0.1) is 5.56 Å². The summed E-state index contributed by atoms with van der Waals surface area (Å²) < 4.78 is 2.05. The van der Waals surface area contributed by atoms with Crippen LogP contribution in [0.15, 0.2) is 37.1 Å². The second-order valence-corrected chi connectivity index (χ2v) is 14.2. The van der Waals surface area contributed by atoms with Crippen LogP contribution in [0.1, 0.15) is 56.6 Å². The van der Waals surface area contributed by atoms with Gasteiger partial charge in [0.25, 0.3) is 0 Å². The summed E-state index contributed by atoms with van der Waals surface area (Å²) in [4.78, 5) is 36.6. The molecule has 0 aliphatic rings. The van der Waals surface area contributed by atoms with Crippen LogP contribution >= 0.6 is 0 Å². The first kappa shape index (κ1) is 22.1. The Morgan fingerprint density at radius 1 is 1.20 bits per heavy atom. The van der Waals surface area contributed by atoms with E-state index in [1.165, 1.54) is 12.5 Å². The molecular formula is C22H31N5O2Si. The fraction of sp³-hybridized carbons (Fsp3) is 0.455. The van der Waals surface area contributed by atoms with Gasteiger partial charge in [-0.15, -0.1) is 0 Å². The molecule has 0 aromatic carbocycles. The second kappa shape index (κ2) is 7.59. The second-order valence-electron chi connectivity index (χ2n) is 9.73. The van der Waals surface area contributed by atoms with Crippen molar-refractivity contribution in [2.24, 2.45) is 0 Å². The summed E-state index contributed by atoms with van der Waals surface area (Å²) in [5, 5.41) is 0.558.